The number of nitrogens with zero attached hydrogens (tertiary/aromatic N) is 5. The van der Waals surface area contributed by atoms with Gasteiger partial charge in [0.05, 0.1) is 13.2 Å². The van der Waals surface area contributed by atoms with Crippen LogP contribution >= 0.6 is 0 Å². The molecule has 29 heavy (non-hydrogen) atoms. The number of carbonyl (C=O) groups is 1. The molecule has 1 saturated carbocycles. The summed E-state index contributed by atoms with van der Waals surface area (Å²) < 4.78 is 33.8. The number of nitrogens with one attached hydrogen (secondary N) is 1. The summed E-state index contributed by atoms with van der Waals surface area (Å²) in [6, 6.07) is 3.38. The second-order valence-electron chi connectivity index (χ2n) is 7.49. The maximum absolute atomic E-state index is 13.5. The van der Waals surface area contributed by atoms with Gasteiger partial charge >= 0.3 is 0 Å². The van der Waals surface area contributed by atoms with E-state index in [4.69, 9.17) is 4.74 Å². The summed E-state index contributed by atoms with van der Waals surface area (Å²) in [6.45, 7) is 4.06. The average molecular weight is 406 g/mol. The molecule has 3 heterocycles. The van der Waals surface area contributed by atoms with Gasteiger partial charge in [-0.3, -0.25) is 4.79 Å². The van der Waals surface area contributed by atoms with Crippen LogP contribution in [0.15, 0.2) is 18.3 Å². The van der Waals surface area contributed by atoms with Gasteiger partial charge in [0.2, 0.25) is 5.92 Å². The summed E-state index contributed by atoms with van der Waals surface area (Å²) in [5.74, 6) is -1.13. The van der Waals surface area contributed by atoms with Gasteiger partial charge in [-0.15, -0.1) is 0 Å². The molecule has 2 aromatic heterocycles. The van der Waals surface area contributed by atoms with E-state index in [1.807, 2.05) is 6.07 Å². The van der Waals surface area contributed by atoms with Crippen molar-refractivity contribution in [2.24, 2.45) is 0 Å². The Morgan fingerprint density at radius 2 is 1.97 bits per heavy atom. The zero-order valence-electron chi connectivity index (χ0n) is 16.3. The van der Waals surface area contributed by atoms with Gasteiger partial charge in [0, 0.05) is 51.2 Å². The van der Waals surface area contributed by atoms with Crippen molar-refractivity contribution in [1.82, 2.24) is 19.7 Å². The smallest absolute Gasteiger partial charge is 0.254 e. The molecule has 0 radical (unpaired) electrons. The Balaban J connectivity index is 1.61. The Kier molecular flexibility index (Phi) is 5.44. The van der Waals surface area contributed by atoms with Crippen LogP contribution < -0.4 is 10.2 Å². The lowest BCUT2D eigenvalue weighted by molar-refractivity contribution is -0.0361. The fraction of sp³-hybridized carbons (Fsp3) is 0.579. The van der Waals surface area contributed by atoms with Gasteiger partial charge in [-0.05, 0) is 18.9 Å². The van der Waals surface area contributed by atoms with Crippen molar-refractivity contribution in [1.29, 1.82) is 0 Å². The van der Waals surface area contributed by atoms with Crippen molar-refractivity contribution in [3.05, 3.63) is 24.0 Å². The molecule has 2 fully saturated rings. The van der Waals surface area contributed by atoms with Crippen molar-refractivity contribution in [2.45, 2.75) is 44.6 Å². The summed E-state index contributed by atoms with van der Waals surface area (Å²) in [6.07, 6.45) is 2.16. The summed E-state index contributed by atoms with van der Waals surface area (Å²) in [4.78, 5) is 22.8. The third-order valence-corrected chi connectivity index (χ3v) is 5.26. The largest absolute Gasteiger partial charge is 0.378 e. The van der Waals surface area contributed by atoms with Crippen LogP contribution in [-0.2, 0) is 4.74 Å². The maximum Gasteiger partial charge on any atom is 0.254 e. The topological polar surface area (TPSA) is 85.2 Å². The number of alkyl halides is 2. The molecule has 0 spiro atoms. The van der Waals surface area contributed by atoms with Crippen LogP contribution in [0.5, 0.6) is 0 Å². The van der Waals surface area contributed by atoms with Crippen LogP contribution in [0, 0.1) is 0 Å². The third-order valence-electron chi connectivity index (χ3n) is 5.26. The Labute approximate surface area is 167 Å². The molecule has 0 unspecified atom stereocenters. The molecular weight excluding hydrogens is 382 g/mol. The molecule has 156 valence electrons. The molecule has 0 bridgehead atoms. The lowest BCUT2D eigenvalue weighted by atomic mass is 9.92. The molecule has 2 aromatic rings. The van der Waals surface area contributed by atoms with Crippen molar-refractivity contribution in [2.75, 3.05) is 36.5 Å². The van der Waals surface area contributed by atoms with Crippen LogP contribution in [0.4, 0.5) is 20.4 Å². The molecule has 4 rings (SSSR count). The van der Waals surface area contributed by atoms with E-state index in [-0.39, 0.29) is 24.7 Å². The van der Waals surface area contributed by atoms with E-state index >= 15 is 0 Å². The summed E-state index contributed by atoms with van der Waals surface area (Å²) >= 11 is 0. The lowest BCUT2D eigenvalue weighted by Crippen LogP contribution is -2.37. The zero-order valence-corrected chi connectivity index (χ0v) is 16.3. The van der Waals surface area contributed by atoms with Crippen LogP contribution in [0.2, 0.25) is 0 Å². The first-order valence-electron chi connectivity index (χ1n) is 9.83. The van der Waals surface area contributed by atoms with E-state index in [0.717, 1.165) is 0 Å². The minimum absolute atomic E-state index is 0.0692. The minimum Gasteiger partial charge on any atom is -0.378 e. The number of Topliss-reactive ketones (excluding diaryl/α,β-unsaturated/α-hetero) is 1. The van der Waals surface area contributed by atoms with E-state index in [9.17, 15) is 13.6 Å². The number of ketones is 1. The number of carbonyl (C=O) groups excluding carboxylic acids is 1. The standard InChI is InChI=1S/C19H24F2N6O2/c1-13(28)15-4-7-27(25-15)18-23-16(22-14-2-5-19(20,21)6-3-14)12-17(24-18)26-8-10-29-11-9-26/h4,7,12,14H,2-3,5-6,8-11H2,1H3,(H,22,23,24). The molecular formula is C19H24F2N6O2. The van der Waals surface area contributed by atoms with Gasteiger partial charge in [0.1, 0.15) is 17.3 Å². The van der Waals surface area contributed by atoms with Crippen molar-refractivity contribution in [3.8, 4) is 5.95 Å². The number of halogens is 2. The molecule has 1 aliphatic carbocycles. The molecule has 0 aromatic carbocycles. The fourth-order valence-electron chi connectivity index (χ4n) is 3.57. The number of anilines is 2. The first-order chi connectivity index (χ1) is 13.9. The number of hydrogen-bond acceptors (Lipinski definition) is 7. The second kappa shape index (κ2) is 8.02. The first-order valence-corrected chi connectivity index (χ1v) is 9.83. The molecule has 8 nitrogen and oxygen atoms in total. The van der Waals surface area contributed by atoms with E-state index in [1.54, 1.807) is 12.3 Å². The highest BCUT2D eigenvalue weighted by molar-refractivity contribution is 5.91. The van der Waals surface area contributed by atoms with E-state index < -0.39 is 5.92 Å². The van der Waals surface area contributed by atoms with Crippen LogP contribution in [0.1, 0.15) is 43.1 Å². The van der Waals surface area contributed by atoms with Gasteiger partial charge in [-0.2, -0.15) is 15.1 Å². The van der Waals surface area contributed by atoms with Gasteiger partial charge in [-0.25, -0.2) is 13.5 Å². The highest BCUT2D eigenvalue weighted by Crippen LogP contribution is 2.34. The number of hydrogen-bond donors (Lipinski definition) is 1. The molecule has 1 aliphatic heterocycles. The van der Waals surface area contributed by atoms with Crippen molar-refractivity contribution < 1.29 is 18.3 Å². The number of aromatic nitrogens is 4. The zero-order chi connectivity index (χ0) is 20.4. The number of morpholine rings is 1. The minimum atomic E-state index is -2.58. The molecule has 1 saturated heterocycles. The Morgan fingerprint density at radius 3 is 2.62 bits per heavy atom. The summed E-state index contributed by atoms with van der Waals surface area (Å²) in [5.41, 5.74) is 0.328. The third kappa shape index (κ3) is 4.69. The molecule has 2 aliphatic rings. The van der Waals surface area contributed by atoms with Gasteiger partial charge in [0.15, 0.2) is 5.78 Å². The maximum atomic E-state index is 13.5. The van der Waals surface area contributed by atoms with E-state index in [1.165, 1.54) is 11.6 Å². The average Bonchev–Trinajstić information content (AvgIpc) is 3.21. The van der Waals surface area contributed by atoms with Crippen LogP contribution in [0.25, 0.3) is 5.95 Å². The molecule has 1 N–H and O–H groups in total. The highest BCUT2D eigenvalue weighted by Gasteiger charge is 2.35. The lowest BCUT2D eigenvalue weighted by Gasteiger charge is -2.30. The Bertz CT molecular complexity index is 871. The molecule has 10 heteroatoms. The fourth-order valence-corrected chi connectivity index (χ4v) is 3.57. The van der Waals surface area contributed by atoms with Crippen LogP contribution in [0.3, 0.4) is 0 Å². The van der Waals surface area contributed by atoms with Gasteiger partial charge < -0.3 is 15.0 Å². The SMILES string of the molecule is CC(=O)c1ccn(-c2nc(NC3CCC(F)(F)CC3)cc(N3CCOCC3)n2)n1. The van der Waals surface area contributed by atoms with Gasteiger partial charge in [0.25, 0.3) is 5.95 Å². The summed E-state index contributed by atoms with van der Waals surface area (Å²) in [7, 11) is 0. The van der Waals surface area contributed by atoms with E-state index in [2.05, 4.69) is 25.3 Å². The predicted molar refractivity (Wildman–Crippen MR) is 103 cm³/mol. The van der Waals surface area contributed by atoms with E-state index in [0.29, 0.717) is 62.4 Å². The Hall–Kier alpha value is -2.62. The number of ether oxygens (including phenoxy) is 1. The Morgan fingerprint density at radius 1 is 1.24 bits per heavy atom. The monoisotopic (exact) mass is 406 g/mol. The number of rotatable bonds is 5. The molecule has 0 amide bonds. The van der Waals surface area contributed by atoms with Crippen LogP contribution in [-0.4, -0.2) is 63.8 Å². The predicted octanol–water partition coefficient (Wildman–Crippen LogP) is 2.69. The normalized spacial score (nSPS) is 19.9. The van der Waals surface area contributed by atoms with Gasteiger partial charge in [-0.1, -0.05) is 0 Å². The first kappa shape index (κ1) is 19.7. The van der Waals surface area contributed by atoms with Crippen molar-refractivity contribution in [3.63, 3.8) is 0 Å². The highest BCUT2D eigenvalue weighted by atomic mass is 19.3. The quantitative estimate of drug-likeness (QED) is 0.764. The van der Waals surface area contributed by atoms with Crippen molar-refractivity contribution >= 4 is 17.4 Å². The molecule has 0 atom stereocenters. The summed E-state index contributed by atoms with van der Waals surface area (Å²) in [5, 5.41) is 7.53. The second-order valence-corrected chi connectivity index (χ2v) is 7.49.